The number of likely N-dealkylation sites (N-methyl/N-ethyl adjacent to an activating group) is 1. The van der Waals surface area contributed by atoms with Crippen molar-refractivity contribution in [1.29, 1.82) is 0 Å². The summed E-state index contributed by atoms with van der Waals surface area (Å²) in [5, 5.41) is 10.7. The molecule has 1 unspecified atom stereocenters. The Balaban J connectivity index is 0. The molecule has 0 amide bonds. The Kier molecular flexibility index (Phi) is 9.29. The second kappa shape index (κ2) is 7.43. The molecule has 0 bridgehead atoms. The molecule has 3 nitrogen and oxygen atoms in total. The molecule has 0 fully saturated rings. The molecule has 0 aliphatic carbocycles. The molecule has 3 heteroatoms. The van der Waals surface area contributed by atoms with Crippen LogP contribution in [0, 0.1) is 0 Å². The van der Waals surface area contributed by atoms with E-state index in [1.807, 2.05) is 13.8 Å². The van der Waals surface area contributed by atoms with Crippen LogP contribution in [0.2, 0.25) is 0 Å². The molecule has 0 rings (SSSR count). The SMILES string of the molecule is CC.CNC(C)C(=O)O. The first-order valence-corrected chi connectivity index (χ1v) is 3.08. The maximum Gasteiger partial charge on any atom is 0.320 e. The number of aliphatic carboxylic acids is 1. The fourth-order valence-electron chi connectivity index (χ4n) is 0.123. The maximum absolute atomic E-state index is 9.87. The molecule has 0 aromatic rings. The van der Waals surface area contributed by atoms with E-state index in [1.165, 1.54) is 0 Å². The minimum atomic E-state index is -0.817. The second-order valence-corrected chi connectivity index (χ2v) is 1.35. The number of rotatable bonds is 2. The van der Waals surface area contributed by atoms with Gasteiger partial charge in [-0.3, -0.25) is 4.79 Å². The van der Waals surface area contributed by atoms with Gasteiger partial charge in [0.1, 0.15) is 6.04 Å². The summed E-state index contributed by atoms with van der Waals surface area (Å²) in [6.07, 6.45) is 0. The second-order valence-electron chi connectivity index (χ2n) is 1.35. The van der Waals surface area contributed by atoms with Crippen molar-refractivity contribution in [2.24, 2.45) is 0 Å². The fraction of sp³-hybridized carbons (Fsp3) is 0.833. The van der Waals surface area contributed by atoms with Crippen LogP contribution in [0.3, 0.4) is 0 Å². The van der Waals surface area contributed by atoms with Crippen molar-refractivity contribution < 1.29 is 9.90 Å². The maximum atomic E-state index is 9.87. The first kappa shape index (κ1) is 11.3. The van der Waals surface area contributed by atoms with E-state index >= 15 is 0 Å². The normalized spacial score (nSPS) is 11.1. The molecule has 0 aliphatic rings. The molecule has 1 atom stereocenters. The van der Waals surface area contributed by atoms with Gasteiger partial charge < -0.3 is 10.4 Å². The summed E-state index contributed by atoms with van der Waals surface area (Å²) in [5.74, 6) is -0.817. The molecule has 0 saturated carbocycles. The molecular formula is C6H15NO2. The molecule has 0 aromatic carbocycles. The molecule has 0 aromatic heterocycles. The van der Waals surface area contributed by atoms with Crippen LogP contribution in [0.4, 0.5) is 0 Å². The standard InChI is InChI=1S/C4H9NO2.C2H6/c1-3(5-2)4(6)7;1-2/h3,5H,1-2H3,(H,6,7);1-2H3. The van der Waals surface area contributed by atoms with Crippen molar-refractivity contribution in [3.05, 3.63) is 0 Å². The zero-order valence-electron chi connectivity index (χ0n) is 6.43. The molecule has 56 valence electrons. The van der Waals surface area contributed by atoms with Gasteiger partial charge in [-0.15, -0.1) is 0 Å². The van der Waals surface area contributed by atoms with Crippen molar-refractivity contribution in [2.75, 3.05) is 7.05 Å². The third-order valence-corrected chi connectivity index (χ3v) is 0.803. The molecule has 0 aliphatic heterocycles. The van der Waals surface area contributed by atoms with Gasteiger partial charge in [-0.25, -0.2) is 0 Å². The first-order chi connectivity index (χ1) is 4.18. The summed E-state index contributed by atoms with van der Waals surface area (Å²) in [7, 11) is 1.61. The van der Waals surface area contributed by atoms with Gasteiger partial charge in [-0.2, -0.15) is 0 Å². The van der Waals surface area contributed by atoms with Crippen LogP contribution in [-0.2, 0) is 4.79 Å². The minimum absolute atomic E-state index is 0.431. The monoisotopic (exact) mass is 133 g/mol. The molecule has 0 saturated heterocycles. The lowest BCUT2D eigenvalue weighted by Crippen LogP contribution is -2.29. The van der Waals surface area contributed by atoms with Crippen LogP contribution in [0.25, 0.3) is 0 Å². The Labute approximate surface area is 56.1 Å². The zero-order valence-corrected chi connectivity index (χ0v) is 6.43. The number of carbonyl (C=O) groups is 1. The van der Waals surface area contributed by atoms with E-state index in [4.69, 9.17) is 5.11 Å². The third kappa shape index (κ3) is 7.43. The Morgan fingerprint density at radius 2 is 1.89 bits per heavy atom. The topological polar surface area (TPSA) is 49.3 Å². The van der Waals surface area contributed by atoms with Crippen molar-refractivity contribution in [3.63, 3.8) is 0 Å². The lowest BCUT2D eigenvalue weighted by molar-refractivity contribution is -0.138. The molecule has 0 spiro atoms. The summed E-state index contributed by atoms with van der Waals surface area (Å²) >= 11 is 0. The largest absolute Gasteiger partial charge is 0.480 e. The van der Waals surface area contributed by atoms with Gasteiger partial charge in [0.15, 0.2) is 0 Å². The van der Waals surface area contributed by atoms with Gasteiger partial charge in [0.05, 0.1) is 0 Å². The minimum Gasteiger partial charge on any atom is -0.480 e. The summed E-state index contributed by atoms with van der Waals surface area (Å²) in [6.45, 7) is 5.59. The van der Waals surface area contributed by atoms with Crippen molar-refractivity contribution in [2.45, 2.75) is 26.8 Å². The van der Waals surface area contributed by atoms with Crippen LogP contribution in [0.1, 0.15) is 20.8 Å². The van der Waals surface area contributed by atoms with Gasteiger partial charge in [-0.05, 0) is 14.0 Å². The lowest BCUT2D eigenvalue weighted by atomic mass is 10.4. The highest BCUT2D eigenvalue weighted by molar-refractivity contribution is 5.72. The van der Waals surface area contributed by atoms with E-state index in [-0.39, 0.29) is 0 Å². The van der Waals surface area contributed by atoms with Crippen molar-refractivity contribution >= 4 is 5.97 Å². The van der Waals surface area contributed by atoms with Crippen LogP contribution in [0.15, 0.2) is 0 Å². The highest BCUT2D eigenvalue weighted by Gasteiger charge is 2.04. The number of hydrogen-bond donors (Lipinski definition) is 2. The highest BCUT2D eigenvalue weighted by Crippen LogP contribution is 1.74. The number of hydrogen-bond acceptors (Lipinski definition) is 2. The van der Waals surface area contributed by atoms with E-state index in [0.29, 0.717) is 0 Å². The Bertz CT molecular complexity index is 73.5. The van der Waals surface area contributed by atoms with E-state index < -0.39 is 12.0 Å². The van der Waals surface area contributed by atoms with Crippen molar-refractivity contribution in [3.8, 4) is 0 Å². The van der Waals surface area contributed by atoms with Crippen LogP contribution >= 0.6 is 0 Å². The van der Waals surface area contributed by atoms with Gasteiger partial charge in [0.25, 0.3) is 0 Å². The van der Waals surface area contributed by atoms with E-state index in [0.717, 1.165) is 0 Å². The van der Waals surface area contributed by atoms with Crippen LogP contribution in [0.5, 0.6) is 0 Å². The van der Waals surface area contributed by atoms with Gasteiger partial charge in [0.2, 0.25) is 0 Å². The number of carboxylic acid groups (broad SMARTS) is 1. The zero-order chi connectivity index (χ0) is 7.86. The molecule has 2 N–H and O–H groups in total. The summed E-state index contributed by atoms with van der Waals surface area (Å²) in [5.41, 5.74) is 0. The molecule has 9 heavy (non-hydrogen) atoms. The van der Waals surface area contributed by atoms with Crippen molar-refractivity contribution in [1.82, 2.24) is 5.32 Å². The predicted octanol–water partition coefficient (Wildman–Crippen LogP) is 0.705. The number of nitrogens with one attached hydrogen (secondary N) is 1. The van der Waals surface area contributed by atoms with Gasteiger partial charge >= 0.3 is 5.97 Å². The smallest absolute Gasteiger partial charge is 0.320 e. The van der Waals surface area contributed by atoms with E-state index in [9.17, 15) is 4.79 Å². The summed E-state index contributed by atoms with van der Waals surface area (Å²) in [6, 6.07) is -0.431. The quantitative estimate of drug-likeness (QED) is 0.583. The third-order valence-electron chi connectivity index (χ3n) is 0.803. The molecule has 0 heterocycles. The van der Waals surface area contributed by atoms with E-state index in [1.54, 1.807) is 14.0 Å². The van der Waals surface area contributed by atoms with E-state index in [2.05, 4.69) is 5.32 Å². The van der Waals surface area contributed by atoms with Crippen LogP contribution in [-0.4, -0.2) is 24.2 Å². The average molecular weight is 133 g/mol. The van der Waals surface area contributed by atoms with Crippen LogP contribution < -0.4 is 5.32 Å². The molecular weight excluding hydrogens is 118 g/mol. The Morgan fingerprint density at radius 3 is 1.89 bits per heavy atom. The summed E-state index contributed by atoms with van der Waals surface area (Å²) < 4.78 is 0. The predicted molar refractivity (Wildman–Crippen MR) is 37.5 cm³/mol. The van der Waals surface area contributed by atoms with Gasteiger partial charge in [-0.1, -0.05) is 13.8 Å². The highest BCUT2D eigenvalue weighted by atomic mass is 16.4. The first-order valence-electron chi connectivity index (χ1n) is 3.08. The Hall–Kier alpha value is -0.570. The lowest BCUT2D eigenvalue weighted by Gasteiger charge is -1.99. The molecule has 0 radical (unpaired) electrons. The Morgan fingerprint density at radius 1 is 1.56 bits per heavy atom. The number of carboxylic acids is 1. The van der Waals surface area contributed by atoms with Gasteiger partial charge in [0, 0.05) is 0 Å². The average Bonchev–Trinajstić information content (AvgIpc) is 1.91. The summed E-state index contributed by atoms with van der Waals surface area (Å²) in [4.78, 5) is 9.87. The fourth-order valence-corrected chi connectivity index (χ4v) is 0.123.